The second-order valence-electron chi connectivity index (χ2n) is 8.23. The van der Waals surface area contributed by atoms with Crippen molar-refractivity contribution in [3.63, 3.8) is 0 Å². The van der Waals surface area contributed by atoms with E-state index < -0.39 is 0 Å². The summed E-state index contributed by atoms with van der Waals surface area (Å²) in [7, 11) is 0. The number of nitrogens with zero attached hydrogens (tertiary/aromatic N) is 3. The maximum absolute atomic E-state index is 12.7. The van der Waals surface area contributed by atoms with Crippen molar-refractivity contribution in [2.45, 2.75) is 32.1 Å². The zero-order valence-electron chi connectivity index (χ0n) is 19.9. The molecule has 4 rings (SSSR count). The van der Waals surface area contributed by atoms with Gasteiger partial charge in [0, 0.05) is 45.0 Å². The van der Waals surface area contributed by atoms with Gasteiger partial charge in [-0.2, -0.15) is 0 Å². The molecule has 0 radical (unpaired) electrons. The first kappa shape index (κ1) is 24.8. The molecule has 0 atom stereocenters. The molecule has 7 nitrogen and oxygen atoms in total. The number of anilines is 1. The highest BCUT2D eigenvalue weighted by Crippen LogP contribution is 2.23. The van der Waals surface area contributed by atoms with Crippen molar-refractivity contribution >= 4 is 52.1 Å². The summed E-state index contributed by atoms with van der Waals surface area (Å²) in [5.74, 6) is 0.817. The van der Waals surface area contributed by atoms with E-state index in [4.69, 9.17) is 11.6 Å². The molecule has 0 saturated carbocycles. The number of halogens is 1. The van der Waals surface area contributed by atoms with Crippen LogP contribution < -0.4 is 10.6 Å². The van der Waals surface area contributed by atoms with Crippen LogP contribution in [0.5, 0.6) is 0 Å². The summed E-state index contributed by atoms with van der Waals surface area (Å²) in [5.41, 5.74) is 4.97. The minimum atomic E-state index is -0.162. The van der Waals surface area contributed by atoms with Crippen LogP contribution in [0.3, 0.4) is 0 Å². The molecule has 2 aromatic heterocycles. The first-order chi connectivity index (χ1) is 16.9. The Morgan fingerprint density at radius 2 is 1.80 bits per heavy atom. The van der Waals surface area contributed by atoms with Gasteiger partial charge < -0.3 is 4.98 Å². The molecule has 2 aromatic carbocycles. The van der Waals surface area contributed by atoms with Crippen molar-refractivity contribution in [2.75, 3.05) is 17.6 Å². The average Bonchev–Trinajstić information content (AvgIpc) is 3.20. The molecule has 0 aliphatic carbocycles. The topological polar surface area (TPSA) is 95.1 Å². The Kier molecular flexibility index (Phi) is 8.05. The van der Waals surface area contributed by atoms with Gasteiger partial charge in [0.15, 0.2) is 0 Å². The molecule has 0 aliphatic heterocycles. The van der Waals surface area contributed by atoms with Gasteiger partial charge in [0.05, 0.1) is 5.75 Å². The minimum absolute atomic E-state index is 0.162. The van der Waals surface area contributed by atoms with Gasteiger partial charge in [-0.05, 0) is 69.2 Å². The van der Waals surface area contributed by atoms with E-state index in [0.717, 1.165) is 32.7 Å². The molecule has 0 bridgehead atoms. The molecule has 4 aromatic rings. The van der Waals surface area contributed by atoms with Crippen molar-refractivity contribution in [1.82, 2.24) is 20.3 Å². The molecule has 9 heteroatoms. The average molecular weight is 507 g/mol. The number of rotatable bonds is 7. The number of guanidine groups is 1. The molecule has 0 saturated heterocycles. The monoisotopic (exact) mass is 506 g/mol. The van der Waals surface area contributed by atoms with Crippen LogP contribution in [0.1, 0.15) is 22.5 Å². The maximum atomic E-state index is 12.7. The molecule has 0 fully saturated rings. The fourth-order valence-electron chi connectivity index (χ4n) is 3.60. The predicted molar refractivity (Wildman–Crippen MR) is 144 cm³/mol. The van der Waals surface area contributed by atoms with Gasteiger partial charge in [0.1, 0.15) is 0 Å². The van der Waals surface area contributed by atoms with E-state index in [1.54, 1.807) is 0 Å². The number of aryl methyl sites for hydroxylation is 3. The van der Waals surface area contributed by atoms with Crippen LogP contribution >= 0.6 is 23.4 Å². The molecule has 180 valence electrons. The van der Waals surface area contributed by atoms with Gasteiger partial charge in [-0.15, -0.1) is 11.8 Å². The van der Waals surface area contributed by atoms with Crippen molar-refractivity contribution in [2.24, 2.45) is 4.99 Å². The lowest BCUT2D eigenvalue weighted by Gasteiger charge is -2.11. The summed E-state index contributed by atoms with van der Waals surface area (Å²) < 4.78 is 0. The van der Waals surface area contributed by atoms with Crippen LogP contribution in [0.2, 0.25) is 5.02 Å². The number of carbonyl (C=O) groups is 1. The summed E-state index contributed by atoms with van der Waals surface area (Å²) in [6.45, 7) is 6.29. The van der Waals surface area contributed by atoms with Crippen molar-refractivity contribution in [1.29, 1.82) is 0 Å². The third-order valence-corrected chi connectivity index (χ3v) is 6.49. The van der Waals surface area contributed by atoms with E-state index in [-0.39, 0.29) is 11.7 Å². The zero-order chi connectivity index (χ0) is 24.8. The summed E-state index contributed by atoms with van der Waals surface area (Å²) >= 11 is 7.64. The molecule has 0 aliphatic rings. The number of hydrogen-bond acceptors (Lipinski definition) is 5. The largest absolute Gasteiger partial charge is 0.361 e. The summed E-state index contributed by atoms with van der Waals surface area (Å²) in [6.07, 6.45) is 2.64. The number of aromatic nitrogens is 3. The Hall–Kier alpha value is -3.36. The van der Waals surface area contributed by atoms with E-state index in [1.165, 1.54) is 17.3 Å². The predicted octanol–water partition coefficient (Wildman–Crippen LogP) is 5.46. The van der Waals surface area contributed by atoms with Crippen LogP contribution in [0.15, 0.2) is 64.6 Å². The van der Waals surface area contributed by atoms with E-state index in [9.17, 15) is 4.79 Å². The van der Waals surface area contributed by atoms with E-state index in [1.807, 2.05) is 75.5 Å². The first-order valence-electron chi connectivity index (χ1n) is 11.2. The standard InChI is InChI=1S/C26H27ClN6OS/c1-16-4-7-21(8-5-16)35-15-24(34)32-25(33-26-30-17(2)12-18(3)31-26)28-11-10-19-14-29-23-9-6-20(27)13-22(19)23/h4-9,12-14,29H,10-11,15H2,1-3H3,(H2,28,30,31,32,33,34). The minimum Gasteiger partial charge on any atom is -0.361 e. The van der Waals surface area contributed by atoms with E-state index >= 15 is 0 Å². The van der Waals surface area contributed by atoms with E-state index in [2.05, 4.69) is 30.6 Å². The second-order valence-corrected chi connectivity index (χ2v) is 9.72. The SMILES string of the molecule is Cc1ccc(SCC(=O)NC(=NCCc2c[nH]c3ccc(Cl)cc23)Nc2nc(C)cc(C)n2)cc1. The molecule has 0 spiro atoms. The number of aromatic amines is 1. The van der Waals surface area contributed by atoms with E-state index in [0.29, 0.717) is 29.9 Å². The Morgan fingerprint density at radius 1 is 1.06 bits per heavy atom. The molecular formula is C26H27ClN6OS. The molecule has 2 heterocycles. The lowest BCUT2D eigenvalue weighted by Crippen LogP contribution is -2.38. The highest BCUT2D eigenvalue weighted by molar-refractivity contribution is 8.00. The quantitative estimate of drug-likeness (QED) is 0.176. The number of thioether (sulfide) groups is 1. The fourth-order valence-corrected chi connectivity index (χ4v) is 4.47. The van der Waals surface area contributed by atoms with Crippen molar-refractivity contribution < 1.29 is 4.79 Å². The number of fused-ring (bicyclic) bond motifs is 1. The van der Waals surface area contributed by atoms with Gasteiger partial charge in [-0.3, -0.25) is 20.4 Å². The molecule has 1 amide bonds. The Labute approximate surface area is 213 Å². The van der Waals surface area contributed by atoms with Crippen molar-refractivity contribution in [3.8, 4) is 0 Å². The van der Waals surface area contributed by atoms with Crippen LogP contribution in [-0.4, -0.2) is 39.1 Å². The number of benzene rings is 2. The summed E-state index contributed by atoms with van der Waals surface area (Å²) in [6, 6.07) is 15.7. The Morgan fingerprint density at radius 3 is 2.54 bits per heavy atom. The highest BCUT2D eigenvalue weighted by Gasteiger charge is 2.11. The van der Waals surface area contributed by atoms with Gasteiger partial charge in [0.25, 0.3) is 0 Å². The summed E-state index contributed by atoms with van der Waals surface area (Å²) in [4.78, 5) is 30.5. The van der Waals surface area contributed by atoms with Gasteiger partial charge in [-0.25, -0.2) is 9.97 Å². The number of hydrogen-bond donors (Lipinski definition) is 3. The highest BCUT2D eigenvalue weighted by atomic mass is 35.5. The molecule has 3 N–H and O–H groups in total. The van der Waals surface area contributed by atoms with Gasteiger partial charge in [0.2, 0.25) is 17.8 Å². The number of aliphatic imine (C=N–C) groups is 1. The Balaban J connectivity index is 1.46. The lowest BCUT2D eigenvalue weighted by atomic mass is 10.1. The first-order valence-corrected chi connectivity index (χ1v) is 12.6. The maximum Gasteiger partial charge on any atom is 0.237 e. The lowest BCUT2D eigenvalue weighted by molar-refractivity contribution is -0.117. The number of amides is 1. The molecular weight excluding hydrogens is 480 g/mol. The number of nitrogens with one attached hydrogen (secondary N) is 3. The number of H-pyrrole nitrogens is 1. The normalized spacial score (nSPS) is 11.6. The Bertz CT molecular complexity index is 1350. The van der Waals surface area contributed by atoms with Crippen LogP contribution in [0.4, 0.5) is 5.95 Å². The fraction of sp³-hybridized carbons (Fsp3) is 0.231. The van der Waals surface area contributed by atoms with Crippen molar-refractivity contribution in [3.05, 3.63) is 82.3 Å². The second kappa shape index (κ2) is 11.4. The van der Waals surface area contributed by atoms with Gasteiger partial charge in [-0.1, -0.05) is 29.3 Å². The molecule has 0 unspecified atom stereocenters. The third-order valence-electron chi connectivity index (χ3n) is 5.24. The van der Waals surface area contributed by atoms with Gasteiger partial charge >= 0.3 is 0 Å². The zero-order valence-corrected chi connectivity index (χ0v) is 21.4. The number of carbonyl (C=O) groups excluding carboxylic acids is 1. The smallest absolute Gasteiger partial charge is 0.237 e. The third kappa shape index (κ3) is 7.07. The molecule has 35 heavy (non-hydrogen) atoms. The van der Waals surface area contributed by atoms with Crippen LogP contribution in [0.25, 0.3) is 10.9 Å². The van der Waals surface area contributed by atoms with Crippen LogP contribution in [0, 0.1) is 20.8 Å². The summed E-state index contributed by atoms with van der Waals surface area (Å²) in [5, 5.41) is 7.72. The van der Waals surface area contributed by atoms with Crippen LogP contribution in [-0.2, 0) is 11.2 Å².